The number of nitrogens with zero attached hydrogens (tertiary/aromatic N) is 2. The van der Waals surface area contributed by atoms with Gasteiger partial charge in [-0.25, -0.2) is 4.99 Å². The Bertz CT molecular complexity index is 671. The average molecular weight is 539 g/mol. The van der Waals surface area contributed by atoms with E-state index in [1.54, 1.807) is 0 Å². The Morgan fingerprint density at radius 2 is 1.93 bits per heavy atom. The molecular weight excluding hydrogens is 507 g/mol. The maximum absolute atomic E-state index is 6.38. The molecule has 2 heterocycles. The van der Waals surface area contributed by atoms with Gasteiger partial charge in [0.2, 0.25) is 0 Å². The third-order valence-corrected chi connectivity index (χ3v) is 5.14. The van der Waals surface area contributed by atoms with Gasteiger partial charge in [-0.15, -0.1) is 24.0 Å². The lowest BCUT2D eigenvalue weighted by Gasteiger charge is -2.32. The highest BCUT2D eigenvalue weighted by molar-refractivity contribution is 14.0. The van der Waals surface area contributed by atoms with Gasteiger partial charge in [-0.2, -0.15) is 0 Å². The molecule has 164 valence electrons. The van der Waals surface area contributed by atoms with E-state index in [1.165, 1.54) is 0 Å². The summed E-state index contributed by atoms with van der Waals surface area (Å²) in [4.78, 5) is 7.14. The molecule has 0 aliphatic carbocycles. The summed E-state index contributed by atoms with van der Waals surface area (Å²) in [5, 5.41) is 7.32. The summed E-state index contributed by atoms with van der Waals surface area (Å²) in [5.74, 6) is 2.14. The first-order chi connectivity index (χ1) is 13.7. The Kier molecular flexibility index (Phi) is 10.6. The van der Waals surface area contributed by atoms with Crippen LogP contribution in [0.15, 0.2) is 17.1 Å². The van der Waals surface area contributed by atoms with E-state index < -0.39 is 0 Å². The molecule has 0 aromatic heterocycles. The minimum atomic E-state index is 0. The topological polar surface area (TPSA) is 67.4 Å². The molecule has 1 fully saturated rings. The van der Waals surface area contributed by atoms with Crippen LogP contribution in [-0.4, -0.2) is 69.5 Å². The molecule has 3 rings (SSSR count). The van der Waals surface area contributed by atoms with Crippen molar-refractivity contribution in [2.45, 2.75) is 32.9 Å². The zero-order valence-electron chi connectivity index (χ0n) is 17.2. The predicted octanol–water partition coefficient (Wildman–Crippen LogP) is 2.90. The van der Waals surface area contributed by atoms with Crippen LogP contribution in [0.4, 0.5) is 0 Å². The van der Waals surface area contributed by atoms with Crippen molar-refractivity contribution in [2.75, 3.05) is 52.6 Å². The number of morpholine rings is 1. The van der Waals surface area contributed by atoms with Crippen LogP contribution < -0.4 is 20.1 Å². The number of fused-ring (bicyclic) bond motifs is 1. The Morgan fingerprint density at radius 1 is 1.17 bits per heavy atom. The second-order valence-corrected chi connectivity index (χ2v) is 7.44. The summed E-state index contributed by atoms with van der Waals surface area (Å²) in [7, 11) is 0. The first-order valence-electron chi connectivity index (χ1n) is 10.1. The summed E-state index contributed by atoms with van der Waals surface area (Å²) >= 11 is 6.38. The summed E-state index contributed by atoms with van der Waals surface area (Å²) in [6.45, 7) is 11.3. The fourth-order valence-electron chi connectivity index (χ4n) is 3.28. The van der Waals surface area contributed by atoms with Crippen molar-refractivity contribution in [1.82, 2.24) is 15.5 Å². The largest absolute Gasteiger partial charge is 0.489 e. The van der Waals surface area contributed by atoms with E-state index in [0.29, 0.717) is 42.3 Å². The van der Waals surface area contributed by atoms with Gasteiger partial charge in [-0.3, -0.25) is 4.90 Å². The molecule has 7 nitrogen and oxygen atoms in total. The highest BCUT2D eigenvalue weighted by Crippen LogP contribution is 2.38. The van der Waals surface area contributed by atoms with Gasteiger partial charge < -0.3 is 24.8 Å². The molecule has 1 atom stereocenters. The van der Waals surface area contributed by atoms with Crippen molar-refractivity contribution < 1.29 is 14.2 Å². The molecule has 1 aromatic rings. The highest BCUT2D eigenvalue weighted by Gasteiger charge is 2.18. The maximum atomic E-state index is 6.38. The minimum absolute atomic E-state index is 0. The van der Waals surface area contributed by atoms with E-state index in [9.17, 15) is 0 Å². The van der Waals surface area contributed by atoms with E-state index in [1.807, 2.05) is 12.1 Å². The van der Waals surface area contributed by atoms with Crippen LogP contribution in [0.3, 0.4) is 0 Å². The number of aliphatic imine (C=N–C) groups is 1. The Morgan fingerprint density at radius 3 is 2.69 bits per heavy atom. The van der Waals surface area contributed by atoms with Gasteiger partial charge >= 0.3 is 0 Å². The average Bonchev–Trinajstić information content (AvgIpc) is 2.96. The standard InChI is InChI=1S/C20H31ClN4O3.HI/c1-3-22-20(23-13-15(2)25-5-9-26-10-6-25)24-14-16-11-17(21)19-18(12-16)27-7-4-8-28-19;/h11-12,15H,3-10,13-14H2,1-2H3,(H2,22,23,24);1H. The van der Waals surface area contributed by atoms with E-state index in [0.717, 1.165) is 57.3 Å². The summed E-state index contributed by atoms with van der Waals surface area (Å²) < 4.78 is 16.9. The lowest BCUT2D eigenvalue weighted by atomic mass is 10.2. The second-order valence-electron chi connectivity index (χ2n) is 7.03. The summed E-state index contributed by atoms with van der Waals surface area (Å²) in [6, 6.07) is 4.29. The van der Waals surface area contributed by atoms with Gasteiger partial charge in [-0.1, -0.05) is 11.6 Å². The molecule has 1 unspecified atom stereocenters. The van der Waals surface area contributed by atoms with Crippen molar-refractivity contribution in [3.8, 4) is 11.5 Å². The van der Waals surface area contributed by atoms with Crippen LogP contribution in [0.25, 0.3) is 0 Å². The zero-order chi connectivity index (χ0) is 19.8. The lowest BCUT2D eigenvalue weighted by Crippen LogP contribution is -2.49. The highest BCUT2D eigenvalue weighted by atomic mass is 127. The number of hydrogen-bond donors (Lipinski definition) is 2. The number of benzene rings is 1. The first kappa shape index (κ1) is 24.3. The number of nitrogens with one attached hydrogen (secondary N) is 2. The molecule has 0 amide bonds. The molecule has 2 aliphatic rings. The molecule has 1 aromatic carbocycles. The second kappa shape index (κ2) is 12.7. The number of halogens is 2. The number of guanidine groups is 1. The molecule has 29 heavy (non-hydrogen) atoms. The van der Waals surface area contributed by atoms with Gasteiger partial charge in [0.05, 0.1) is 38.0 Å². The molecule has 0 radical (unpaired) electrons. The number of rotatable bonds is 6. The van der Waals surface area contributed by atoms with Gasteiger partial charge in [-0.05, 0) is 31.5 Å². The Balaban J connectivity index is 0.00000300. The van der Waals surface area contributed by atoms with Crippen LogP contribution in [0, 0.1) is 0 Å². The third-order valence-electron chi connectivity index (χ3n) is 4.86. The smallest absolute Gasteiger partial charge is 0.191 e. The molecule has 2 N–H and O–H groups in total. The lowest BCUT2D eigenvalue weighted by molar-refractivity contribution is 0.0211. The van der Waals surface area contributed by atoms with Crippen LogP contribution >= 0.6 is 35.6 Å². The van der Waals surface area contributed by atoms with Gasteiger partial charge in [0, 0.05) is 38.6 Å². The molecule has 0 saturated carbocycles. The summed E-state index contributed by atoms with van der Waals surface area (Å²) in [6.07, 6.45) is 0.855. The van der Waals surface area contributed by atoms with Crippen molar-refractivity contribution in [3.05, 3.63) is 22.7 Å². The van der Waals surface area contributed by atoms with Gasteiger partial charge in [0.25, 0.3) is 0 Å². The van der Waals surface area contributed by atoms with Crippen LogP contribution in [0.5, 0.6) is 11.5 Å². The molecule has 0 spiro atoms. The predicted molar refractivity (Wildman–Crippen MR) is 127 cm³/mol. The van der Waals surface area contributed by atoms with Crippen molar-refractivity contribution in [3.63, 3.8) is 0 Å². The van der Waals surface area contributed by atoms with Crippen LogP contribution in [0.1, 0.15) is 25.8 Å². The van der Waals surface area contributed by atoms with E-state index in [-0.39, 0.29) is 24.0 Å². The molecule has 2 aliphatic heterocycles. The normalized spacial score (nSPS) is 18.4. The fraction of sp³-hybridized carbons (Fsp3) is 0.650. The van der Waals surface area contributed by atoms with Crippen LogP contribution in [-0.2, 0) is 11.3 Å². The number of hydrogen-bond acceptors (Lipinski definition) is 5. The zero-order valence-corrected chi connectivity index (χ0v) is 20.3. The van der Waals surface area contributed by atoms with Crippen molar-refractivity contribution in [1.29, 1.82) is 0 Å². The minimum Gasteiger partial charge on any atom is -0.489 e. The first-order valence-corrected chi connectivity index (χ1v) is 10.5. The molecular formula is C20H32ClIN4O3. The number of ether oxygens (including phenoxy) is 3. The van der Waals surface area contributed by atoms with Crippen molar-refractivity contribution >= 4 is 41.5 Å². The third kappa shape index (κ3) is 7.34. The SMILES string of the molecule is CCNC(=NCc1cc(Cl)c2c(c1)OCCCO2)NCC(C)N1CCOCC1.I. The van der Waals surface area contributed by atoms with Gasteiger partial charge in [0.1, 0.15) is 0 Å². The maximum Gasteiger partial charge on any atom is 0.191 e. The quantitative estimate of drug-likeness (QED) is 0.330. The molecule has 0 bridgehead atoms. The summed E-state index contributed by atoms with van der Waals surface area (Å²) in [5.41, 5.74) is 0.993. The fourth-order valence-corrected chi connectivity index (χ4v) is 3.57. The van der Waals surface area contributed by atoms with Crippen molar-refractivity contribution in [2.24, 2.45) is 4.99 Å². The Hall–Kier alpha value is -0.970. The molecule has 1 saturated heterocycles. The Labute approximate surface area is 195 Å². The van der Waals surface area contributed by atoms with Gasteiger partial charge in [0.15, 0.2) is 17.5 Å². The van der Waals surface area contributed by atoms with Crippen LogP contribution in [0.2, 0.25) is 5.02 Å². The van der Waals surface area contributed by atoms with E-state index in [4.69, 9.17) is 30.8 Å². The van der Waals surface area contributed by atoms with E-state index >= 15 is 0 Å². The monoisotopic (exact) mass is 538 g/mol. The van der Waals surface area contributed by atoms with E-state index in [2.05, 4.69) is 29.4 Å². The molecule has 9 heteroatoms.